The number of amides is 2. The summed E-state index contributed by atoms with van der Waals surface area (Å²) in [6.07, 6.45) is 6.70. The molecular weight excluding hydrogens is 212 g/mol. The number of urea groups is 1. The van der Waals surface area contributed by atoms with Crippen LogP contribution in [0.3, 0.4) is 0 Å². The topological polar surface area (TPSA) is 32.3 Å². The van der Waals surface area contributed by atoms with Crippen LogP contribution >= 0.6 is 0 Å². The quantitative estimate of drug-likeness (QED) is 0.748. The molecule has 2 aliphatic rings. The standard InChI is InChI=1S/C10H18N2O.2C2H6/c1-12-9(7-11-10(12)13)8-5-3-2-4-6-8;2*1-2/h8-9H,2-7H2,1H3,(H,11,13);2*1-2H3. The highest BCUT2D eigenvalue weighted by molar-refractivity contribution is 5.76. The van der Waals surface area contributed by atoms with E-state index >= 15 is 0 Å². The monoisotopic (exact) mass is 242 g/mol. The molecular formula is C14H30N2O. The molecule has 0 spiro atoms. The fourth-order valence-corrected chi connectivity index (χ4v) is 2.61. The fraction of sp³-hybridized carbons (Fsp3) is 0.929. The Labute approximate surface area is 107 Å². The number of rotatable bonds is 1. The maximum Gasteiger partial charge on any atom is 0.317 e. The molecule has 1 aliphatic carbocycles. The minimum atomic E-state index is 0.107. The zero-order chi connectivity index (χ0) is 13.3. The summed E-state index contributed by atoms with van der Waals surface area (Å²) in [5, 5.41) is 2.90. The highest BCUT2D eigenvalue weighted by atomic mass is 16.2. The Morgan fingerprint density at radius 3 is 2.00 bits per heavy atom. The highest BCUT2D eigenvalue weighted by Gasteiger charge is 2.33. The Hall–Kier alpha value is -0.730. The van der Waals surface area contributed by atoms with Gasteiger partial charge in [0.2, 0.25) is 0 Å². The minimum Gasteiger partial charge on any atom is -0.336 e. The van der Waals surface area contributed by atoms with Crippen LogP contribution in [-0.2, 0) is 0 Å². The zero-order valence-corrected chi connectivity index (χ0v) is 12.3. The summed E-state index contributed by atoms with van der Waals surface area (Å²) in [6, 6.07) is 0.573. The van der Waals surface area contributed by atoms with Gasteiger partial charge in [0.25, 0.3) is 0 Å². The second kappa shape index (κ2) is 9.32. The first-order valence-electron chi connectivity index (χ1n) is 7.29. The molecule has 0 aromatic heterocycles. The lowest BCUT2D eigenvalue weighted by Crippen LogP contribution is -2.36. The van der Waals surface area contributed by atoms with Gasteiger partial charge in [0.15, 0.2) is 0 Å². The number of nitrogens with one attached hydrogen (secondary N) is 1. The van der Waals surface area contributed by atoms with E-state index in [1.807, 2.05) is 39.6 Å². The van der Waals surface area contributed by atoms with Crippen molar-refractivity contribution in [2.75, 3.05) is 13.6 Å². The smallest absolute Gasteiger partial charge is 0.317 e. The lowest BCUT2D eigenvalue weighted by molar-refractivity contribution is 0.184. The van der Waals surface area contributed by atoms with Crippen LogP contribution < -0.4 is 5.32 Å². The number of carbonyl (C=O) groups excluding carboxylic acids is 1. The Morgan fingerprint density at radius 1 is 1.06 bits per heavy atom. The molecule has 3 nitrogen and oxygen atoms in total. The summed E-state index contributed by atoms with van der Waals surface area (Å²) in [5.41, 5.74) is 0. The molecule has 1 saturated heterocycles. The lowest BCUT2D eigenvalue weighted by Gasteiger charge is -2.30. The summed E-state index contributed by atoms with van der Waals surface area (Å²) >= 11 is 0. The van der Waals surface area contributed by atoms with Crippen molar-refractivity contribution < 1.29 is 4.79 Å². The molecule has 102 valence electrons. The number of hydrogen-bond acceptors (Lipinski definition) is 1. The van der Waals surface area contributed by atoms with Gasteiger partial charge in [-0.05, 0) is 18.8 Å². The average Bonchev–Trinajstić information content (AvgIpc) is 2.76. The fourth-order valence-electron chi connectivity index (χ4n) is 2.61. The molecule has 1 heterocycles. The van der Waals surface area contributed by atoms with Crippen LogP contribution in [0.5, 0.6) is 0 Å². The normalized spacial score (nSPS) is 24.2. The molecule has 2 rings (SSSR count). The first-order chi connectivity index (χ1) is 8.29. The van der Waals surface area contributed by atoms with Gasteiger partial charge < -0.3 is 10.2 Å². The molecule has 3 heteroatoms. The molecule has 1 saturated carbocycles. The summed E-state index contributed by atoms with van der Waals surface area (Å²) in [5.74, 6) is 0.748. The van der Waals surface area contributed by atoms with E-state index in [-0.39, 0.29) is 6.03 Å². The molecule has 2 fully saturated rings. The van der Waals surface area contributed by atoms with Crippen molar-refractivity contribution in [3.8, 4) is 0 Å². The van der Waals surface area contributed by atoms with Crippen LogP contribution in [0.15, 0.2) is 0 Å². The van der Waals surface area contributed by atoms with Crippen LogP contribution in [0.2, 0.25) is 0 Å². The summed E-state index contributed by atoms with van der Waals surface area (Å²) in [7, 11) is 1.92. The van der Waals surface area contributed by atoms with Gasteiger partial charge in [0, 0.05) is 13.6 Å². The van der Waals surface area contributed by atoms with Crippen molar-refractivity contribution in [3.63, 3.8) is 0 Å². The van der Waals surface area contributed by atoms with E-state index in [1.165, 1.54) is 32.1 Å². The van der Waals surface area contributed by atoms with E-state index in [1.54, 1.807) is 0 Å². The van der Waals surface area contributed by atoms with Gasteiger partial charge in [-0.3, -0.25) is 0 Å². The van der Waals surface area contributed by atoms with Crippen molar-refractivity contribution in [2.45, 2.75) is 65.8 Å². The predicted molar refractivity (Wildman–Crippen MR) is 74.2 cm³/mol. The zero-order valence-electron chi connectivity index (χ0n) is 12.3. The van der Waals surface area contributed by atoms with Gasteiger partial charge in [0.05, 0.1) is 6.04 Å². The van der Waals surface area contributed by atoms with Crippen molar-refractivity contribution in [2.24, 2.45) is 5.92 Å². The molecule has 0 radical (unpaired) electrons. The second-order valence-corrected chi connectivity index (χ2v) is 4.26. The lowest BCUT2D eigenvalue weighted by atomic mass is 9.84. The van der Waals surface area contributed by atoms with Crippen LogP contribution in [-0.4, -0.2) is 30.6 Å². The Kier molecular flexibility index (Phi) is 8.92. The molecule has 17 heavy (non-hydrogen) atoms. The first-order valence-corrected chi connectivity index (χ1v) is 7.29. The predicted octanol–water partition coefficient (Wildman–Crippen LogP) is 3.64. The Morgan fingerprint density at radius 2 is 1.59 bits per heavy atom. The summed E-state index contributed by atoms with van der Waals surface area (Å²) < 4.78 is 0. The van der Waals surface area contributed by atoms with E-state index in [2.05, 4.69) is 5.32 Å². The van der Waals surface area contributed by atoms with Crippen LogP contribution in [0.1, 0.15) is 59.8 Å². The molecule has 1 aliphatic heterocycles. The third-order valence-corrected chi connectivity index (χ3v) is 3.47. The summed E-state index contributed by atoms with van der Waals surface area (Å²) in [6.45, 7) is 8.86. The molecule has 0 aromatic carbocycles. The van der Waals surface area contributed by atoms with Crippen LogP contribution in [0.4, 0.5) is 4.79 Å². The average molecular weight is 242 g/mol. The van der Waals surface area contributed by atoms with Crippen molar-refractivity contribution in [1.29, 1.82) is 0 Å². The Balaban J connectivity index is 0.000000581. The highest BCUT2D eigenvalue weighted by Crippen LogP contribution is 2.29. The minimum absolute atomic E-state index is 0.107. The third-order valence-electron chi connectivity index (χ3n) is 3.47. The molecule has 0 aromatic rings. The van der Waals surface area contributed by atoms with Crippen molar-refractivity contribution in [3.05, 3.63) is 0 Å². The maximum atomic E-state index is 11.2. The van der Waals surface area contributed by atoms with E-state index in [4.69, 9.17) is 0 Å². The maximum absolute atomic E-state index is 11.2. The van der Waals surface area contributed by atoms with E-state index < -0.39 is 0 Å². The van der Waals surface area contributed by atoms with Crippen LogP contribution in [0.25, 0.3) is 0 Å². The van der Waals surface area contributed by atoms with Gasteiger partial charge in [-0.25, -0.2) is 4.79 Å². The Bertz CT molecular complexity index is 200. The van der Waals surface area contributed by atoms with E-state index in [9.17, 15) is 4.79 Å². The van der Waals surface area contributed by atoms with Crippen molar-refractivity contribution >= 4 is 6.03 Å². The van der Waals surface area contributed by atoms with Crippen molar-refractivity contribution in [1.82, 2.24) is 10.2 Å². The van der Waals surface area contributed by atoms with Gasteiger partial charge in [-0.1, -0.05) is 47.0 Å². The third kappa shape index (κ3) is 4.57. The SMILES string of the molecule is CC.CC.CN1C(=O)NCC1C1CCCCC1. The number of likely N-dealkylation sites (N-methyl/N-ethyl adjacent to an activating group) is 1. The number of nitrogens with zero attached hydrogens (tertiary/aromatic N) is 1. The van der Waals surface area contributed by atoms with E-state index in [0.717, 1.165) is 12.5 Å². The molecule has 1 unspecified atom stereocenters. The number of hydrogen-bond donors (Lipinski definition) is 1. The largest absolute Gasteiger partial charge is 0.336 e. The summed E-state index contributed by atoms with van der Waals surface area (Å²) in [4.78, 5) is 13.1. The van der Waals surface area contributed by atoms with Gasteiger partial charge in [-0.2, -0.15) is 0 Å². The van der Waals surface area contributed by atoms with Gasteiger partial charge in [0.1, 0.15) is 0 Å². The van der Waals surface area contributed by atoms with Crippen LogP contribution in [0, 0.1) is 5.92 Å². The van der Waals surface area contributed by atoms with Gasteiger partial charge >= 0.3 is 6.03 Å². The molecule has 1 atom stereocenters. The molecule has 0 bridgehead atoms. The first kappa shape index (κ1) is 16.3. The van der Waals surface area contributed by atoms with E-state index in [0.29, 0.717) is 6.04 Å². The molecule has 2 amide bonds. The number of carbonyl (C=O) groups is 1. The van der Waals surface area contributed by atoms with Gasteiger partial charge in [-0.15, -0.1) is 0 Å². The molecule has 1 N–H and O–H groups in total. The second-order valence-electron chi connectivity index (χ2n) is 4.26.